The van der Waals surface area contributed by atoms with Crippen LogP contribution in [0.1, 0.15) is 20.8 Å². The maximum Gasteiger partial charge on any atom is 0.353 e. The lowest BCUT2D eigenvalue weighted by atomic mass is 10.1. The number of carbonyl (C=O) groups excluding carboxylic acids is 1. The van der Waals surface area contributed by atoms with E-state index in [1.54, 1.807) is 41.8 Å². The van der Waals surface area contributed by atoms with Crippen LogP contribution in [0.2, 0.25) is 0 Å². The van der Waals surface area contributed by atoms with E-state index in [4.69, 9.17) is 13.6 Å². The van der Waals surface area contributed by atoms with Gasteiger partial charge < -0.3 is 13.6 Å². The van der Waals surface area contributed by atoms with Crippen molar-refractivity contribution in [3.63, 3.8) is 0 Å². The van der Waals surface area contributed by atoms with E-state index in [-0.39, 0.29) is 11.5 Å². The Balaban J connectivity index is 1.95. The van der Waals surface area contributed by atoms with Crippen molar-refractivity contribution >= 4 is 28.3 Å². The van der Waals surface area contributed by atoms with Crippen LogP contribution in [-0.4, -0.2) is 5.97 Å². The Labute approximate surface area is 152 Å². The predicted molar refractivity (Wildman–Crippen MR) is 98.9 cm³/mol. The van der Waals surface area contributed by atoms with Gasteiger partial charge in [0.1, 0.15) is 10.5 Å². The average Bonchev–Trinajstić information content (AvgIpc) is 3.32. The average molecular weight is 366 g/mol. The van der Waals surface area contributed by atoms with E-state index in [9.17, 15) is 9.59 Å². The van der Waals surface area contributed by atoms with Crippen molar-refractivity contribution in [2.24, 2.45) is 0 Å². The summed E-state index contributed by atoms with van der Waals surface area (Å²) in [6, 6.07) is 10.2. The van der Waals surface area contributed by atoms with Gasteiger partial charge in [0.15, 0.2) is 5.76 Å². The highest BCUT2D eigenvalue weighted by Crippen LogP contribution is 2.32. The summed E-state index contributed by atoms with van der Waals surface area (Å²) >= 11 is 1.24. The van der Waals surface area contributed by atoms with Gasteiger partial charge in [-0.25, -0.2) is 4.79 Å². The molecule has 0 fully saturated rings. The topological polar surface area (TPSA) is 69.7 Å². The number of benzene rings is 1. The molecule has 0 aliphatic heterocycles. The predicted octanol–water partition coefficient (Wildman–Crippen LogP) is 4.95. The Kier molecular flexibility index (Phi) is 3.97. The van der Waals surface area contributed by atoms with Crippen LogP contribution in [0.25, 0.3) is 22.5 Å². The molecular formula is C20H14O5S. The lowest BCUT2D eigenvalue weighted by Crippen LogP contribution is -2.15. The molecule has 26 heavy (non-hydrogen) atoms. The lowest BCUT2D eigenvalue weighted by molar-refractivity contribution is 0.0736. The molecule has 0 saturated heterocycles. The van der Waals surface area contributed by atoms with Crippen molar-refractivity contribution in [2.75, 3.05) is 0 Å². The minimum atomic E-state index is -0.608. The quantitative estimate of drug-likeness (QED) is 0.480. The van der Waals surface area contributed by atoms with Crippen molar-refractivity contribution in [1.29, 1.82) is 0 Å². The number of thiophene rings is 1. The Bertz CT molecular complexity index is 1150. The van der Waals surface area contributed by atoms with Crippen molar-refractivity contribution in [3.8, 4) is 17.3 Å². The zero-order valence-corrected chi connectivity index (χ0v) is 14.9. The van der Waals surface area contributed by atoms with Gasteiger partial charge in [-0.2, -0.15) is 0 Å². The minimum absolute atomic E-state index is 0.0978. The molecule has 1 aromatic carbocycles. The number of hydrogen-bond acceptors (Lipinski definition) is 6. The molecule has 0 atom stereocenters. The molecule has 0 bridgehead atoms. The van der Waals surface area contributed by atoms with Gasteiger partial charge in [0.2, 0.25) is 16.9 Å². The number of furan rings is 1. The Hall–Kier alpha value is -3.12. The number of rotatable bonds is 3. The molecule has 4 rings (SSSR count). The van der Waals surface area contributed by atoms with E-state index in [1.165, 1.54) is 17.6 Å². The van der Waals surface area contributed by atoms with Gasteiger partial charge in [-0.3, -0.25) is 4.79 Å². The van der Waals surface area contributed by atoms with E-state index in [0.717, 1.165) is 11.1 Å². The number of aryl methyl sites for hydroxylation is 2. The number of fused-ring (bicyclic) bond motifs is 1. The molecular weight excluding hydrogens is 352 g/mol. The van der Waals surface area contributed by atoms with E-state index in [1.807, 2.05) is 13.8 Å². The van der Waals surface area contributed by atoms with Crippen LogP contribution in [0.15, 0.2) is 61.7 Å². The molecule has 4 aromatic rings. The van der Waals surface area contributed by atoms with Gasteiger partial charge in [-0.15, -0.1) is 11.3 Å². The molecule has 0 amide bonds. The fraction of sp³-hybridized carbons (Fsp3) is 0.100. The highest BCUT2D eigenvalue weighted by Gasteiger charge is 2.23. The van der Waals surface area contributed by atoms with E-state index in [0.29, 0.717) is 21.6 Å². The zero-order valence-electron chi connectivity index (χ0n) is 14.1. The van der Waals surface area contributed by atoms with Gasteiger partial charge in [0.25, 0.3) is 0 Å². The van der Waals surface area contributed by atoms with E-state index in [2.05, 4.69) is 0 Å². The Morgan fingerprint density at radius 3 is 2.62 bits per heavy atom. The van der Waals surface area contributed by atoms with Crippen LogP contribution in [-0.2, 0) is 0 Å². The first-order valence-electron chi connectivity index (χ1n) is 7.92. The van der Waals surface area contributed by atoms with Crippen LogP contribution in [0.5, 0.6) is 5.75 Å². The number of carbonyl (C=O) groups is 1. The molecule has 5 nitrogen and oxygen atoms in total. The van der Waals surface area contributed by atoms with Crippen LogP contribution >= 0.6 is 11.3 Å². The molecule has 0 aliphatic rings. The molecule has 6 heteroatoms. The van der Waals surface area contributed by atoms with Gasteiger partial charge in [0, 0.05) is 0 Å². The van der Waals surface area contributed by atoms with E-state index >= 15 is 0 Å². The first-order valence-corrected chi connectivity index (χ1v) is 8.80. The summed E-state index contributed by atoms with van der Waals surface area (Å²) in [6.45, 7) is 3.85. The minimum Gasteiger partial charge on any atom is -0.461 e. The molecule has 0 aliphatic carbocycles. The molecule has 0 radical (unpaired) electrons. The summed E-state index contributed by atoms with van der Waals surface area (Å²) in [6.07, 6.45) is 1.46. The second-order valence-electron chi connectivity index (χ2n) is 5.87. The lowest BCUT2D eigenvalue weighted by Gasteiger charge is -2.10. The zero-order chi connectivity index (χ0) is 18.3. The standard InChI is InChI=1S/C20H14O5S/c1-11-9-13-15(10-12(11)2)24-18(14-5-3-7-23-14)19(17(13)21)25-20(22)16-6-4-8-26-16/h3-10H,1-2H3. The summed E-state index contributed by atoms with van der Waals surface area (Å²) in [5, 5.41) is 2.12. The second-order valence-corrected chi connectivity index (χ2v) is 6.81. The first-order chi connectivity index (χ1) is 12.5. The molecule has 0 unspecified atom stereocenters. The van der Waals surface area contributed by atoms with Crippen LogP contribution in [0.4, 0.5) is 0 Å². The summed E-state index contributed by atoms with van der Waals surface area (Å²) in [4.78, 5) is 25.8. The van der Waals surface area contributed by atoms with Crippen LogP contribution in [0, 0.1) is 13.8 Å². The normalized spacial score (nSPS) is 11.0. The summed E-state index contributed by atoms with van der Waals surface area (Å²) in [5.74, 6) is -0.366. The molecule has 0 spiro atoms. The van der Waals surface area contributed by atoms with Gasteiger partial charge in [-0.05, 0) is 60.7 Å². The second kappa shape index (κ2) is 6.31. The molecule has 3 aromatic heterocycles. The highest BCUT2D eigenvalue weighted by atomic mass is 32.1. The largest absolute Gasteiger partial charge is 0.461 e. The van der Waals surface area contributed by atoms with Gasteiger partial charge in [-0.1, -0.05) is 6.07 Å². The molecule has 3 heterocycles. The van der Waals surface area contributed by atoms with Gasteiger partial charge >= 0.3 is 5.97 Å². The maximum atomic E-state index is 13.0. The highest BCUT2D eigenvalue weighted by molar-refractivity contribution is 7.12. The van der Waals surface area contributed by atoms with Crippen LogP contribution < -0.4 is 10.2 Å². The Morgan fingerprint density at radius 2 is 1.92 bits per heavy atom. The number of ether oxygens (including phenoxy) is 1. The molecule has 0 saturated carbocycles. The third-order valence-electron chi connectivity index (χ3n) is 4.13. The monoisotopic (exact) mass is 366 g/mol. The van der Waals surface area contributed by atoms with Crippen molar-refractivity contribution < 1.29 is 18.4 Å². The number of hydrogen-bond donors (Lipinski definition) is 0. The van der Waals surface area contributed by atoms with Gasteiger partial charge in [0.05, 0.1) is 11.6 Å². The van der Waals surface area contributed by atoms with Crippen molar-refractivity contribution in [2.45, 2.75) is 13.8 Å². The number of esters is 1. The first kappa shape index (κ1) is 16.4. The smallest absolute Gasteiger partial charge is 0.353 e. The summed E-state index contributed by atoms with van der Waals surface area (Å²) < 4.78 is 16.7. The molecule has 130 valence electrons. The third kappa shape index (κ3) is 2.74. The third-order valence-corrected chi connectivity index (χ3v) is 4.98. The molecule has 0 N–H and O–H groups in total. The van der Waals surface area contributed by atoms with Crippen LogP contribution in [0.3, 0.4) is 0 Å². The Morgan fingerprint density at radius 1 is 1.12 bits per heavy atom. The van der Waals surface area contributed by atoms with Crippen molar-refractivity contribution in [3.05, 3.63) is 74.3 Å². The summed E-state index contributed by atoms with van der Waals surface area (Å²) in [5.41, 5.74) is 1.95. The SMILES string of the molecule is Cc1cc2oc(-c3ccco3)c(OC(=O)c3cccs3)c(=O)c2cc1C. The van der Waals surface area contributed by atoms with Crippen molar-refractivity contribution in [1.82, 2.24) is 0 Å². The fourth-order valence-corrected chi connectivity index (χ4v) is 3.23. The van der Waals surface area contributed by atoms with E-state index < -0.39 is 11.4 Å². The fourth-order valence-electron chi connectivity index (χ4n) is 2.63. The maximum absolute atomic E-state index is 13.0. The summed E-state index contributed by atoms with van der Waals surface area (Å²) in [7, 11) is 0.